The minimum absolute atomic E-state index is 0.261. The summed E-state index contributed by atoms with van der Waals surface area (Å²) < 4.78 is 11.8. The van der Waals surface area contributed by atoms with Crippen molar-refractivity contribution in [2.45, 2.75) is 63.2 Å². The van der Waals surface area contributed by atoms with Gasteiger partial charge in [-0.25, -0.2) is 0 Å². The van der Waals surface area contributed by atoms with E-state index in [1.807, 2.05) is 12.3 Å². The lowest BCUT2D eigenvalue weighted by Gasteiger charge is -2.17. The third kappa shape index (κ3) is 5.16. The molecular weight excluding hydrogens is 386 g/mol. The van der Waals surface area contributed by atoms with Crippen LogP contribution < -0.4 is 4.74 Å². The molecule has 2 aliphatic carbocycles. The topological polar surface area (TPSA) is 31.4 Å². The fourth-order valence-electron chi connectivity index (χ4n) is 3.38. The molecule has 2 fully saturated rings. The molecule has 4 rings (SSSR count). The van der Waals surface area contributed by atoms with E-state index in [1.54, 1.807) is 0 Å². The fourth-order valence-corrected chi connectivity index (χ4v) is 4.45. The lowest BCUT2D eigenvalue weighted by atomic mass is 9.99. The van der Waals surface area contributed by atoms with Gasteiger partial charge in [-0.05, 0) is 73.0 Å². The Morgan fingerprint density at radius 1 is 1.07 bits per heavy atom. The van der Waals surface area contributed by atoms with Crippen molar-refractivity contribution in [2.24, 2.45) is 0 Å². The second-order valence-corrected chi connectivity index (χ2v) is 15.4. The Bertz CT molecular complexity index is 841. The van der Waals surface area contributed by atoms with Crippen LogP contribution in [-0.4, -0.2) is 26.5 Å². The van der Waals surface area contributed by atoms with Crippen LogP contribution in [0, 0.1) is 0 Å². The average molecular weight is 416 g/mol. The van der Waals surface area contributed by atoms with Crippen LogP contribution in [0.1, 0.15) is 48.8 Å². The van der Waals surface area contributed by atoms with Gasteiger partial charge in [-0.15, -0.1) is 0 Å². The Hall–Kier alpha value is -1.36. The monoisotopic (exact) mass is 415 g/mol. The number of aromatic nitrogens is 1. The van der Waals surface area contributed by atoms with Gasteiger partial charge >= 0.3 is 0 Å². The van der Waals surface area contributed by atoms with E-state index in [4.69, 9.17) is 21.1 Å². The molecule has 5 heteroatoms. The first-order valence-corrected chi connectivity index (χ1v) is 14.5. The molecule has 2 saturated carbocycles. The van der Waals surface area contributed by atoms with E-state index < -0.39 is 8.07 Å². The van der Waals surface area contributed by atoms with Crippen molar-refractivity contribution >= 4 is 19.7 Å². The highest BCUT2D eigenvalue weighted by molar-refractivity contribution is 6.76. The number of pyridine rings is 1. The summed E-state index contributed by atoms with van der Waals surface area (Å²) in [6.07, 6.45) is 6.87. The normalized spacial score (nSPS) is 17.0. The van der Waals surface area contributed by atoms with Gasteiger partial charge in [0.2, 0.25) is 0 Å². The third-order valence-electron chi connectivity index (χ3n) is 5.50. The van der Waals surface area contributed by atoms with Crippen molar-refractivity contribution in [2.75, 3.05) is 13.4 Å². The molecule has 1 heterocycles. The van der Waals surface area contributed by atoms with Crippen LogP contribution in [0.2, 0.25) is 30.7 Å². The van der Waals surface area contributed by atoms with Crippen molar-refractivity contribution in [1.82, 2.24) is 4.98 Å². The summed E-state index contributed by atoms with van der Waals surface area (Å²) >= 11 is 6.59. The molecule has 150 valence electrons. The summed E-state index contributed by atoms with van der Waals surface area (Å²) in [5.74, 6) is 2.03. The van der Waals surface area contributed by atoms with Crippen molar-refractivity contribution in [3.05, 3.63) is 46.7 Å². The highest BCUT2D eigenvalue weighted by atomic mass is 35.5. The zero-order chi connectivity index (χ0) is 19.7. The zero-order valence-corrected chi connectivity index (χ0v) is 18.9. The first kappa shape index (κ1) is 19.9. The Kier molecular flexibility index (Phi) is 5.82. The second-order valence-electron chi connectivity index (χ2n) is 9.37. The van der Waals surface area contributed by atoms with E-state index in [-0.39, 0.29) is 6.79 Å². The van der Waals surface area contributed by atoms with Gasteiger partial charge in [0.05, 0.1) is 0 Å². The Morgan fingerprint density at radius 3 is 2.50 bits per heavy atom. The van der Waals surface area contributed by atoms with Gasteiger partial charge in [0.15, 0.2) is 6.79 Å². The SMILES string of the molecule is C[Si](C)(C)CCOCOc1cc(Cl)c(C2CC2)cc1-c1ccnc(C2CC2)c1. The maximum absolute atomic E-state index is 6.59. The minimum Gasteiger partial charge on any atom is -0.467 e. The van der Waals surface area contributed by atoms with Crippen molar-refractivity contribution in [1.29, 1.82) is 0 Å². The summed E-state index contributed by atoms with van der Waals surface area (Å²) in [6, 6.07) is 9.63. The maximum Gasteiger partial charge on any atom is 0.189 e. The number of nitrogens with zero attached hydrogens (tertiary/aromatic N) is 1. The standard InChI is InChI=1S/C23H30ClNO2Si/c1-28(2,3)11-10-26-15-27-23-14-21(24)19(16-4-5-16)13-20(23)18-8-9-25-22(12-18)17-6-7-17/h8-9,12-14,16-17H,4-7,10-11,15H2,1-3H3. The number of benzene rings is 1. The highest BCUT2D eigenvalue weighted by Crippen LogP contribution is 2.47. The lowest BCUT2D eigenvalue weighted by molar-refractivity contribution is 0.0224. The number of ether oxygens (including phenoxy) is 2. The molecule has 1 aromatic carbocycles. The number of hydrogen-bond acceptors (Lipinski definition) is 3. The van der Waals surface area contributed by atoms with Crippen LogP contribution >= 0.6 is 11.6 Å². The Morgan fingerprint density at radius 2 is 1.82 bits per heavy atom. The fraction of sp³-hybridized carbons (Fsp3) is 0.522. The van der Waals surface area contributed by atoms with E-state index in [0.29, 0.717) is 11.8 Å². The van der Waals surface area contributed by atoms with Gasteiger partial charge in [0.1, 0.15) is 5.75 Å². The van der Waals surface area contributed by atoms with E-state index in [1.165, 1.54) is 36.9 Å². The summed E-state index contributed by atoms with van der Waals surface area (Å²) in [5, 5.41) is 0.805. The smallest absolute Gasteiger partial charge is 0.189 e. The first-order chi connectivity index (χ1) is 13.4. The van der Waals surface area contributed by atoms with Crippen LogP contribution in [0.25, 0.3) is 11.1 Å². The van der Waals surface area contributed by atoms with E-state index in [9.17, 15) is 0 Å². The number of halogens is 1. The number of rotatable bonds is 9. The molecule has 0 bridgehead atoms. The molecule has 0 spiro atoms. The second kappa shape index (κ2) is 8.17. The van der Waals surface area contributed by atoms with Crippen LogP contribution in [0.5, 0.6) is 5.75 Å². The van der Waals surface area contributed by atoms with E-state index in [2.05, 4.69) is 42.8 Å². The predicted octanol–water partition coefficient (Wildman–Crippen LogP) is 6.85. The molecule has 28 heavy (non-hydrogen) atoms. The summed E-state index contributed by atoms with van der Waals surface area (Å²) in [6.45, 7) is 8.07. The number of hydrogen-bond donors (Lipinski definition) is 0. The van der Waals surface area contributed by atoms with Crippen molar-refractivity contribution in [3.8, 4) is 16.9 Å². The van der Waals surface area contributed by atoms with Gasteiger partial charge in [-0.2, -0.15) is 0 Å². The van der Waals surface area contributed by atoms with Crippen molar-refractivity contribution < 1.29 is 9.47 Å². The van der Waals surface area contributed by atoms with Gasteiger partial charge in [-0.1, -0.05) is 31.2 Å². The Balaban J connectivity index is 1.54. The van der Waals surface area contributed by atoms with Gasteiger partial charge < -0.3 is 9.47 Å². The molecule has 0 radical (unpaired) electrons. The molecule has 0 aliphatic heterocycles. The maximum atomic E-state index is 6.59. The van der Waals surface area contributed by atoms with E-state index in [0.717, 1.165) is 34.6 Å². The van der Waals surface area contributed by atoms with Crippen LogP contribution in [-0.2, 0) is 4.74 Å². The molecule has 0 unspecified atom stereocenters. The van der Waals surface area contributed by atoms with Crippen LogP contribution in [0.4, 0.5) is 0 Å². The Labute approximate surface area is 174 Å². The largest absolute Gasteiger partial charge is 0.467 e. The molecule has 2 aliphatic rings. The van der Waals surface area contributed by atoms with Crippen LogP contribution in [0.3, 0.4) is 0 Å². The predicted molar refractivity (Wildman–Crippen MR) is 118 cm³/mol. The van der Waals surface area contributed by atoms with Crippen molar-refractivity contribution in [3.63, 3.8) is 0 Å². The molecule has 1 aromatic heterocycles. The minimum atomic E-state index is -1.09. The summed E-state index contributed by atoms with van der Waals surface area (Å²) in [5.41, 5.74) is 4.70. The summed E-state index contributed by atoms with van der Waals surface area (Å²) in [7, 11) is -1.09. The first-order valence-electron chi connectivity index (χ1n) is 10.4. The molecule has 0 amide bonds. The lowest BCUT2D eigenvalue weighted by Crippen LogP contribution is -2.22. The van der Waals surface area contributed by atoms with E-state index >= 15 is 0 Å². The van der Waals surface area contributed by atoms with Gasteiger partial charge in [-0.3, -0.25) is 4.98 Å². The third-order valence-corrected chi connectivity index (χ3v) is 7.53. The van der Waals surface area contributed by atoms with Crippen LogP contribution in [0.15, 0.2) is 30.5 Å². The summed E-state index contributed by atoms with van der Waals surface area (Å²) in [4.78, 5) is 4.57. The van der Waals surface area contributed by atoms with Gasteiger partial charge in [0, 0.05) is 43.1 Å². The molecule has 2 aromatic rings. The zero-order valence-electron chi connectivity index (χ0n) is 17.1. The quantitative estimate of drug-likeness (QED) is 0.255. The molecule has 0 N–H and O–H groups in total. The van der Waals surface area contributed by atoms with Gasteiger partial charge in [0.25, 0.3) is 0 Å². The molecule has 0 saturated heterocycles. The highest BCUT2D eigenvalue weighted by Gasteiger charge is 2.28. The average Bonchev–Trinajstić information content (AvgIpc) is 3.54. The molecule has 0 atom stereocenters. The molecule has 3 nitrogen and oxygen atoms in total. The molecular formula is C23H30ClNO2Si.